The Balaban J connectivity index is 4.30. The molecule has 84 valence electrons. The lowest BCUT2D eigenvalue weighted by Gasteiger charge is -2.27. The molecule has 0 aliphatic carbocycles. The smallest absolute Gasteiger partial charge is 0.228 e. The summed E-state index contributed by atoms with van der Waals surface area (Å²) in [7, 11) is 1.67. The van der Waals surface area contributed by atoms with Gasteiger partial charge in [0.25, 0.3) is 0 Å². The highest BCUT2D eigenvalue weighted by atomic mass is 16.5. The monoisotopic (exact) mass is 201 g/mol. The molecule has 0 saturated heterocycles. The van der Waals surface area contributed by atoms with E-state index in [1.807, 2.05) is 20.8 Å². The molecule has 0 aromatic heterocycles. The number of carbonyl (C=O) groups excluding carboxylic acids is 1. The molecule has 0 aliphatic heterocycles. The van der Waals surface area contributed by atoms with E-state index in [0.29, 0.717) is 6.61 Å². The van der Waals surface area contributed by atoms with E-state index in [4.69, 9.17) is 4.74 Å². The molecule has 1 atom stereocenters. The first-order chi connectivity index (χ1) is 6.46. The van der Waals surface area contributed by atoms with Gasteiger partial charge in [-0.2, -0.15) is 0 Å². The summed E-state index contributed by atoms with van der Waals surface area (Å²) in [6.07, 6.45) is 2.03. The minimum Gasteiger partial charge on any atom is -0.378 e. The Morgan fingerprint density at radius 3 is 2.43 bits per heavy atom. The summed E-state index contributed by atoms with van der Waals surface area (Å²) in [6.45, 7) is 8.50. The number of hydrogen-bond donors (Lipinski definition) is 1. The molecule has 14 heavy (non-hydrogen) atoms. The second-order valence-corrected chi connectivity index (χ2v) is 4.25. The van der Waals surface area contributed by atoms with Crippen LogP contribution in [0.2, 0.25) is 0 Å². The van der Waals surface area contributed by atoms with E-state index in [9.17, 15) is 4.79 Å². The Bertz CT molecular complexity index is 180. The van der Waals surface area contributed by atoms with Gasteiger partial charge < -0.3 is 10.1 Å². The summed E-state index contributed by atoms with van der Waals surface area (Å²) in [6, 6.07) is 0. The van der Waals surface area contributed by atoms with Crippen molar-refractivity contribution in [2.45, 2.75) is 46.6 Å². The average Bonchev–Trinajstić information content (AvgIpc) is 2.14. The second-order valence-electron chi connectivity index (χ2n) is 4.25. The number of nitrogens with one attached hydrogen (secondary N) is 1. The molecule has 1 amide bonds. The third-order valence-electron chi connectivity index (χ3n) is 2.31. The molecule has 0 aromatic carbocycles. The lowest BCUT2D eigenvalue weighted by atomic mass is 9.85. The summed E-state index contributed by atoms with van der Waals surface area (Å²) in [5.74, 6) is 0.0694. The maximum atomic E-state index is 11.6. The predicted octanol–water partition coefficient (Wildman–Crippen LogP) is 1.96. The molecule has 0 bridgehead atoms. The van der Waals surface area contributed by atoms with Crippen molar-refractivity contribution in [1.29, 1.82) is 0 Å². The zero-order valence-electron chi connectivity index (χ0n) is 10.0. The van der Waals surface area contributed by atoms with Crippen molar-refractivity contribution in [3.8, 4) is 0 Å². The molecule has 0 aliphatic rings. The second kappa shape index (κ2) is 6.02. The van der Waals surface area contributed by atoms with Crippen molar-refractivity contribution in [2.24, 2.45) is 5.41 Å². The highest BCUT2D eigenvalue weighted by Gasteiger charge is 2.31. The Morgan fingerprint density at radius 1 is 1.50 bits per heavy atom. The Hall–Kier alpha value is -0.570. The largest absolute Gasteiger partial charge is 0.378 e. The van der Waals surface area contributed by atoms with Gasteiger partial charge in [0.15, 0.2) is 0 Å². The number of carbonyl (C=O) groups is 1. The molecule has 0 heterocycles. The number of amides is 1. The zero-order chi connectivity index (χ0) is 11.2. The van der Waals surface area contributed by atoms with Gasteiger partial charge in [-0.05, 0) is 27.2 Å². The first-order valence-corrected chi connectivity index (χ1v) is 5.30. The highest BCUT2D eigenvalue weighted by molar-refractivity contribution is 5.82. The summed E-state index contributed by atoms with van der Waals surface area (Å²) in [4.78, 5) is 11.6. The molecule has 1 N–H and O–H groups in total. The Kier molecular flexibility index (Phi) is 5.77. The van der Waals surface area contributed by atoms with Gasteiger partial charge in [0.05, 0.1) is 18.1 Å². The molecule has 0 radical (unpaired) electrons. The van der Waals surface area contributed by atoms with Crippen LogP contribution >= 0.6 is 0 Å². The predicted molar refractivity (Wildman–Crippen MR) is 58.2 cm³/mol. The quantitative estimate of drug-likeness (QED) is 0.713. The summed E-state index contributed by atoms with van der Waals surface area (Å²) in [5, 5.41) is 2.70. The molecule has 3 heteroatoms. The van der Waals surface area contributed by atoms with E-state index in [1.54, 1.807) is 7.05 Å². The maximum absolute atomic E-state index is 11.6. The van der Waals surface area contributed by atoms with Crippen molar-refractivity contribution >= 4 is 5.91 Å². The molecule has 0 saturated carbocycles. The van der Waals surface area contributed by atoms with Crippen LogP contribution < -0.4 is 5.32 Å². The standard InChI is InChI=1S/C11H23NO2/c1-6-7-11(4,10(13)12-5)8-14-9(2)3/h9H,6-8H2,1-5H3,(H,12,13). The fourth-order valence-corrected chi connectivity index (χ4v) is 1.46. The molecule has 0 spiro atoms. The van der Waals surface area contributed by atoms with Crippen LogP contribution in [0.4, 0.5) is 0 Å². The first-order valence-electron chi connectivity index (χ1n) is 5.30. The van der Waals surface area contributed by atoms with Gasteiger partial charge in [0.1, 0.15) is 0 Å². The first kappa shape index (κ1) is 13.4. The van der Waals surface area contributed by atoms with Crippen molar-refractivity contribution in [1.82, 2.24) is 5.32 Å². The van der Waals surface area contributed by atoms with Gasteiger partial charge in [-0.15, -0.1) is 0 Å². The molecule has 0 rings (SSSR count). The van der Waals surface area contributed by atoms with Crippen LogP contribution in [0.1, 0.15) is 40.5 Å². The van der Waals surface area contributed by atoms with E-state index in [2.05, 4.69) is 12.2 Å². The van der Waals surface area contributed by atoms with Crippen LogP contribution in [0.25, 0.3) is 0 Å². The van der Waals surface area contributed by atoms with Crippen LogP contribution in [0.5, 0.6) is 0 Å². The molecule has 1 unspecified atom stereocenters. The zero-order valence-corrected chi connectivity index (χ0v) is 10.0. The maximum Gasteiger partial charge on any atom is 0.228 e. The lowest BCUT2D eigenvalue weighted by molar-refractivity contribution is -0.134. The summed E-state index contributed by atoms with van der Waals surface area (Å²) >= 11 is 0. The Labute approximate surface area is 87.2 Å². The van der Waals surface area contributed by atoms with Gasteiger partial charge in [-0.25, -0.2) is 0 Å². The highest BCUT2D eigenvalue weighted by Crippen LogP contribution is 2.24. The van der Waals surface area contributed by atoms with Crippen LogP contribution in [-0.2, 0) is 9.53 Å². The van der Waals surface area contributed by atoms with E-state index in [1.165, 1.54) is 0 Å². The molecular weight excluding hydrogens is 178 g/mol. The fraction of sp³-hybridized carbons (Fsp3) is 0.909. The van der Waals surface area contributed by atoms with Gasteiger partial charge in [0.2, 0.25) is 5.91 Å². The van der Waals surface area contributed by atoms with E-state index >= 15 is 0 Å². The Morgan fingerprint density at radius 2 is 2.07 bits per heavy atom. The van der Waals surface area contributed by atoms with Crippen molar-refractivity contribution in [3.05, 3.63) is 0 Å². The molecule has 3 nitrogen and oxygen atoms in total. The summed E-state index contributed by atoms with van der Waals surface area (Å²) in [5.41, 5.74) is -0.381. The molecular formula is C11H23NO2. The molecule has 0 fully saturated rings. The van der Waals surface area contributed by atoms with Gasteiger partial charge in [-0.3, -0.25) is 4.79 Å². The van der Waals surface area contributed by atoms with Crippen LogP contribution in [0, 0.1) is 5.41 Å². The third kappa shape index (κ3) is 4.09. The minimum atomic E-state index is -0.381. The van der Waals surface area contributed by atoms with E-state index in [0.717, 1.165) is 12.8 Å². The van der Waals surface area contributed by atoms with Crippen molar-refractivity contribution in [3.63, 3.8) is 0 Å². The van der Waals surface area contributed by atoms with Gasteiger partial charge in [-0.1, -0.05) is 13.3 Å². The van der Waals surface area contributed by atoms with Crippen molar-refractivity contribution in [2.75, 3.05) is 13.7 Å². The van der Waals surface area contributed by atoms with Crippen LogP contribution in [-0.4, -0.2) is 25.7 Å². The topological polar surface area (TPSA) is 38.3 Å². The summed E-state index contributed by atoms with van der Waals surface area (Å²) < 4.78 is 5.52. The minimum absolute atomic E-state index is 0.0694. The van der Waals surface area contributed by atoms with Gasteiger partial charge >= 0.3 is 0 Å². The fourth-order valence-electron chi connectivity index (χ4n) is 1.46. The normalized spacial score (nSPS) is 15.3. The van der Waals surface area contributed by atoms with Crippen molar-refractivity contribution < 1.29 is 9.53 Å². The van der Waals surface area contributed by atoms with Crippen LogP contribution in [0.15, 0.2) is 0 Å². The van der Waals surface area contributed by atoms with Crippen LogP contribution in [0.3, 0.4) is 0 Å². The lowest BCUT2D eigenvalue weighted by Crippen LogP contribution is -2.41. The SMILES string of the molecule is CCCC(C)(COC(C)C)C(=O)NC. The van der Waals surface area contributed by atoms with E-state index < -0.39 is 0 Å². The third-order valence-corrected chi connectivity index (χ3v) is 2.31. The van der Waals surface area contributed by atoms with E-state index in [-0.39, 0.29) is 17.4 Å². The number of hydrogen-bond acceptors (Lipinski definition) is 2. The van der Waals surface area contributed by atoms with Gasteiger partial charge in [0, 0.05) is 7.05 Å². The number of rotatable bonds is 6. The number of ether oxygens (including phenoxy) is 1. The average molecular weight is 201 g/mol. The molecule has 0 aromatic rings.